The van der Waals surface area contributed by atoms with E-state index in [0.717, 1.165) is 49.8 Å². The van der Waals surface area contributed by atoms with Crippen LogP contribution in [0.2, 0.25) is 0 Å². The third kappa shape index (κ3) is 4.16. The highest BCUT2D eigenvalue weighted by atomic mass is 32.2. The average Bonchev–Trinajstić information content (AvgIpc) is 3.46. The van der Waals surface area contributed by atoms with Crippen molar-refractivity contribution in [2.45, 2.75) is 24.2 Å². The molecular weight excluding hydrogens is 405 g/mol. The lowest BCUT2D eigenvalue weighted by Crippen LogP contribution is -2.29. The summed E-state index contributed by atoms with van der Waals surface area (Å²) >= 11 is 1.14. The van der Waals surface area contributed by atoms with Crippen molar-refractivity contribution >= 4 is 17.7 Å². The van der Waals surface area contributed by atoms with Gasteiger partial charge < -0.3 is 9.32 Å². The van der Waals surface area contributed by atoms with Crippen LogP contribution in [0, 0.1) is 0 Å². The number of hydrogen-bond donors (Lipinski definition) is 0. The third-order valence-corrected chi connectivity index (χ3v) is 5.50. The second kappa shape index (κ2) is 7.94. The zero-order valence-corrected chi connectivity index (χ0v) is 16.0. The van der Waals surface area contributed by atoms with Crippen molar-refractivity contribution in [3.8, 4) is 17.3 Å². The highest BCUT2D eigenvalue weighted by Gasteiger charge is 2.31. The van der Waals surface area contributed by atoms with E-state index in [1.165, 1.54) is 23.0 Å². The molecular formula is C19H17F3N4O2S. The van der Waals surface area contributed by atoms with E-state index < -0.39 is 11.7 Å². The fourth-order valence-corrected chi connectivity index (χ4v) is 4.02. The van der Waals surface area contributed by atoms with Gasteiger partial charge in [0.25, 0.3) is 0 Å². The van der Waals surface area contributed by atoms with Gasteiger partial charge in [0.15, 0.2) is 10.9 Å². The molecule has 1 saturated heterocycles. The third-order valence-electron chi connectivity index (χ3n) is 4.59. The SMILES string of the molecule is O=C(CSc1nnc(-c2ccco2)n1-c1cccc(C(F)(F)F)c1)N1CCCC1. The molecule has 0 aliphatic carbocycles. The van der Waals surface area contributed by atoms with Crippen molar-refractivity contribution in [3.63, 3.8) is 0 Å². The number of halogens is 3. The minimum Gasteiger partial charge on any atom is -0.461 e. The molecule has 4 rings (SSSR count). The molecule has 1 aliphatic heterocycles. The van der Waals surface area contributed by atoms with Crippen LogP contribution >= 0.6 is 11.8 Å². The molecule has 3 heterocycles. The number of hydrogen-bond acceptors (Lipinski definition) is 5. The summed E-state index contributed by atoms with van der Waals surface area (Å²) in [6.07, 6.45) is -1.06. The van der Waals surface area contributed by atoms with Crippen LogP contribution in [0.3, 0.4) is 0 Å². The minimum atomic E-state index is -4.48. The molecule has 3 aromatic rings. The molecule has 1 aromatic carbocycles. The Morgan fingerprint density at radius 1 is 1.14 bits per heavy atom. The molecule has 2 aromatic heterocycles. The summed E-state index contributed by atoms with van der Waals surface area (Å²) in [6, 6.07) is 8.21. The highest BCUT2D eigenvalue weighted by molar-refractivity contribution is 7.99. The maximum Gasteiger partial charge on any atom is 0.416 e. The van der Waals surface area contributed by atoms with Gasteiger partial charge in [-0.25, -0.2) is 0 Å². The lowest BCUT2D eigenvalue weighted by Gasteiger charge is -2.15. The number of alkyl halides is 3. The van der Waals surface area contributed by atoms with Crippen LogP contribution in [0.5, 0.6) is 0 Å². The van der Waals surface area contributed by atoms with Gasteiger partial charge in [-0.3, -0.25) is 9.36 Å². The maximum atomic E-state index is 13.2. The summed E-state index contributed by atoms with van der Waals surface area (Å²) < 4.78 is 46.4. The predicted molar refractivity (Wildman–Crippen MR) is 101 cm³/mol. The molecule has 0 bridgehead atoms. The topological polar surface area (TPSA) is 64.2 Å². The van der Waals surface area contributed by atoms with E-state index in [0.29, 0.717) is 10.9 Å². The normalized spacial score (nSPS) is 14.5. The second-order valence-corrected chi connectivity index (χ2v) is 7.49. The number of carbonyl (C=O) groups excluding carboxylic acids is 1. The van der Waals surface area contributed by atoms with E-state index in [9.17, 15) is 18.0 Å². The molecule has 29 heavy (non-hydrogen) atoms. The fraction of sp³-hybridized carbons (Fsp3) is 0.316. The molecule has 1 aliphatic rings. The van der Waals surface area contributed by atoms with Gasteiger partial charge in [-0.15, -0.1) is 10.2 Å². The minimum absolute atomic E-state index is 0.0226. The van der Waals surface area contributed by atoms with Crippen molar-refractivity contribution in [2.75, 3.05) is 18.8 Å². The standard InChI is InChI=1S/C19H17F3N4O2S/c20-19(21,22)13-5-3-6-14(11-13)26-17(15-7-4-10-28-15)23-24-18(26)29-12-16(27)25-8-1-2-9-25/h3-7,10-11H,1-2,8-9,12H2. The Labute approximate surface area is 168 Å². The molecule has 6 nitrogen and oxygen atoms in total. The molecule has 0 unspecified atom stereocenters. The zero-order valence-electron chi connectivity index (χ0n) is 15.2. The molecule has 0 radical (unpaired) electrons. The highest BCUT2D eigenvalue weighted by Crippen LogP contribution is 2.33. The summed E-state index contributed by atoms with van der Waals surface area (Å²) in [5, 5.41) is 8.52. The lowest BCUT2D eigenvalue weighted by atomic mass is 10.2. The smallest absolute Gasteiger partial charge is 0.416 e. The Morgan fingerprint density at radius 3 is 2.62 bits per heavy atom. The number of carbonyl (C=O) groups is 1. The van der Waals surface area contributed by atoms with Crippen LogP contribution in [0.15, 0.2) is 52.2 Å². The van der Waals surface area contributed by atoms with Crippen LogP contribution in [-0.4, -0.2) is 44.4 Å². The second-order valence-electron chi connectivity index (χ2n) is 6.54. The Morgan fingerprint density at radius 2 is 1.93 bits per heavy atom. The monoisotopic (exact) mass is 422 g/mol. The van der Waals surface area contributed by atoms with Crippen molar-refractivity contribution in [1.82, 2.24) is 19.7 Å². The number of likely N-dealkylation sites (tertiary alicyclic amines) is 1. The molecule has 1 fully saturated rings. The average molecular weight is 422 g/mol. The Hall–Kier alpha value is -2.75. The first-order valence-corrected chi connectivity index (χ1v) is 9.99. The van der Waals surface area contributed by atoms with Gasteiger partial charge in [-0.05, 0) is 43.2 Å². The number of furan rings is 1. The lowest BCUT2D eigenvalue weighted by molar-refractivity contribution is -0.137. The van der Waals surface area contributed by atoms with E-state index in [-0.39, 0.29) is 23.2 Å². The number of rotatable bonds is 5. The molecule has 152 valence electrons. The van der Waals surface area contributed by atoms with E-state index in [2.05, 4.69) is 10.2 Å². The van der Waals surface area contributed by atoms with Crippen LogP contribution < -0.4 is 0 Å². The number of nitrogens with zero attached hydrogens (tertiary/aromatic N) is 4. The van der Waals surface area contributed by atoms with Gasteiger partial charge in [0.1, 0.15) is 0 Å². The number of thioether (sulfide) groups is 1. The summed E-state index contributed by atoms with van der Waals surface area (Å²) in [5.74, 6) is 0.749. The van der Waals surface area contributed by atoms with Gasteiger partial charge >= 0.3 is 6.18 Å². The van der Waals surface area contributed by atoms with E-state index >= 15 is 0 Å². The first-order chi connectivity index (χ1) is 13.9. The van der Waals surface area contributed by atoms with Crippen molar-refractivity contribution in [2.24, 2.45) is 0 Å². The Kier molecular flexibility index (Phi) is 5.35. The molecule has 1 amide bonds. The molecule has 0 spiro atoms. The molecule has 0 saturated carbocycles. The van der Waals surface area contributed by atoms with E-state index in [4.69, 9.17) is 4.42 Å². The fourth-order valence-electron chi connectivity index (χ4n) is 3.17. The summed E-state index contributed by atoms with van der Waals surface area (Å²) in [4.78, 5) is 14.2. The van der Waals surface area contributed by atoms with Crippen LogP contribution in [-0.2, 0) is 11.0 Å². The van der Waals surface area contributed by atoms with Crippen molar-refractivity contribution in [3.05, 3.63) is 48.2 Å². The number of aromatic nitrogens is 3. The van der Waals surface area contributed by atoms with Crippen molar-refractivity contribution < 1.29 is 22.4 Å². The predicted octanol–water partition coefficient (Wildman–Crippen LogP) is 4.26. The van der Waals surface area contributed by atoms with Crippen LogP contribution in [0.4, 0.5) is 13.2 Å². The first-order valence-electron chi connectivity index (χ1n) is 9.01. The first kappa shape index (κ1) is 19.6. The van der Waals surface area contributed by atoms with Gasteiger partial charge in [-0.2, -0.15) is 13.2 Å². The summed E-state index contributed by atoms with van der Waals surface area (Å²) in [6.45, 7) is 1.47. The summed E-state index contributed by atoms with van der Waals surface area (Å²) in [5.41, 5.74) is -0.537. The summed E-state index contributed by atoms with van der Waals surface area (Å²) in [7, 11) is 0. The van der Waals surface area contributed by atoms with E-state index in [1.54, 1.807) is 17.0 Å². The quantitative estimate of drug-likeness (QED) is 0.575. The Balaban J connectivity index is 1.69. The van der Waals surface area contributed by atoms with Gasteiger partial charge in [-0.1, -0.05) is 17.8 Å². The van der Waals surface area contributed by atoms with Gasteiger partial charge in [0, 0.05) is 13.1 Å². The zero-order chi connectivity index (χ0) is 20.4. The van der Waals surface area contributed by atoms with Crippen LogP contribution in [0.25, 0.3) is 17.3 Å². The number of benzene rings is 1. The maximum absolute atomic E-state index is 13.2. The number of amides is 1. The van der Waals surface area contributed by atoms with Gasteiger partial charge in [0.05, 0.1) is 23.3 Å². The van der Waals surface area contributed by atoms with Crippen molar-refractivity contribution in [1.29, 1.82) is 0 Å². The largest absolute Gasteiger partial charge is 0.461 e. The molecule has 0 atom stereocenters. The molecule has 10 heteroatoms. The van der Waals surface area contributed by atoms with Gasteiger partial charge in [0.2, 0.25) is 11.7 Å². The Bertz CT molecular complexity index is 995. The van der Waals surface area contributed by atoms with E-state index in [1.807, 2.05) is 0 Å². The molecule has 0 N–H and O–H groups in total. The van der Waals surface area contributed by atoms with Crippen LogP contribution in [0.1, 0.15) is 18.4 Å².